The van der Waals surface area contributed by atoms with Crippen LogP contribution in [0.5, 0.6) is 0 Å². The Bertz CT molecular complexity index is 491. The van der Waals surface area contributed by atoms with Gasteiger partial charge in [-0.3, -0.25) is 4.79 Å². The van der Waals surface area contributed by atoms with Gasteiger partial charge < -0.3 is 20.1 Å². The molecule has 0 aromatic rings. The first kappa shape index (κ1) is 22.2. The molecule has 134 valence electrons. The van der Waals surface area contributed by atoms with E-state index in [0.717, 1.165) is 32.1 Å². The van der Waals surface area contributed by atoms with Gasteiger partial charge in [0, 0.05) is 6.92 Å². The van der Waals surface area contributed by atoms with Crippen LogP contribution in [-0.4, -0.2) is 45.7 Å². The lowest BCUT2D eigenvalue weighted by atomic mass is 10.0. The highest BCUT2D eigenvalue weighted by atomic mass is 16.6. The van der Waals surface area contributed by atoms with E-state index in [4.69, 9.17) is 9.84 Å². The number of unbranched alkanes of at least 4 members (excludes halogenated alkanes) is 4. The number of rotatable bonds is 10. The largest absolute Gasteiger partial charge is 0.456 e. The summed E-state index contributed by atoms with van der Waals surface area (Å²) in [4.78, 5) is 11.2. The average Bonchev–Trinajstić information content (AvgIpc) is 2.55. The second-order valence-electron chi connectivity index (χ2n) is 5.51. The molecule has 5 nitrogen and oxygen atoms in total. The van der Waals surface area contributed by atoms with Crippen molar-refractivity contribution in [3.8, 4) is 23.7 Å². The fourth-order valence-electron chi connectivity index (χ4n) is 2.03. The highest BCUT2D eigenvalue weighted by molar-refractivity contribution is 5.66. The maximum atomic E-state index is 11.2. The summed E-state index contributed by atoms with van der Waals surface area (Å²) in [6.07, 6.45) is 2.33. The molecule has 0 heterocycles. The summed E-state index contributed by atoms with van der Waals surface area (Å²) in [7, 11) is 0. The summed E-state index contributed by atoms with van der Waals surface area (Å²) >= 11 is 0. The van der Waals surface area contributed by atoms with Crippen LogP contribution in [0.3, 0.4) is 0 Å². The molecule has 0 aliphatic rings. The predicted octanol–water partition coefficient (Wildman–Crippen LogP) is 1.55. The van der Waals surface area contributed by atoms with E-state index in [9.17, 15) is 15.0 Å². The van der Waals surface area contributed by atoms with Crippen molar-refractivity contribution in [1.29, 1.82) is 0 Å². The molecule has 0 saturated heterocycles. The maximum Gasteiger partial charge on any atom is 0.303 e. The highest BCUT2D eigenvalue weighted by Crippen LogP contribution is 2.14. The van der Waals surface area contributed by atoms with Gasteiger partial charge in [-0.1, -0.05) is 63.5 Å². The summed E-state index contributed by atoms with van der Waals surface area (Å²) in [6, 6.07) is 0. The second-order valence-corrected chi connectivity index (χ2v) is 5.51. The number of ether oxygens (including phenoxy) is 1. The van der Waals surface area contributed by atoms with E-state index in [-0.39, 0.29) is 0 Å². The molecule has 0 aromatic carbocycles. The van der Waals surface area contributed by atoms with Crippen molar-refractivity contribution in [2.75, 3.05) is 0 Å². The van der Waals surface area contributed by atoms with E-state index in [2.05, 4.69) is 37.2 Å². The minimum atomic E-state index is -1.35. The Kier molecular flexibility index (Phi) is 12.6. The van der Waals surface area contributed by atoms with Crippen molar-refractivity contribution in [3.63, 3.8) is 0 Å². The van der Waals surface area contributed by atoms with E-state index in [1.165, 1.54) is 13.0 Å². The van der Waals surface area contributed by atoms with Crippen molar-refractivity contribution in [3.05, 3.63) is 12.7 Å². The van der Waals surface area contributed by atoms with Crippen molar-refractivity contribution < 1.29 is 24.9 Å². The Morgan fingerprint density at radius 2 is 1.75 bits per heavy atom. The van der Waals surface area contributed by atoms with Crippen molar-refractivity contribution >= 4 is 5.97 Å². The average molecular weight is 336 g/mol. The van der Waals surface area contributed by atoms with E-state index in [0.29, 0.717) is 6.42 Å². The van der Waals surface area contributed by atoms with Crippen LogP contribution >= 0.6 is 0 Å². The molecule has 0 aromatic heterocycles. The lowest BCUT2D eigenvalue weighted by Gasteiger charge is -2.24. The summed E-state index contributed by atoms with van der Waals surface area (Å²) in [5, 5.41) is 29.4. The number of aliphatic hydroxyl groups is 3. The SMILES string of the molecule is C=C[C@H](O)C#CC#C[C@@H](O)[C@H](OC(C)=O)[C@H](O)CCCCCCC. The molecule has 0 unspecified atom stereocenters. The Morgan fingerprint density at radius 1 is 1.12 bits per heavy atom. The van der Waals surface area contributed by atoms with Gasteiger partial charge in [-0.15, -0.1) is 0 Å². The van der Waals surface area contributed by atoms with Gasteiger partial charge >= 0.3 is 5.97 Å². The third-order valence-electron chi connectivity index (χ3n) is 3.32. The van der Waals surface area contributed by atoms with Gasteiger partial charge in [0.25, 0.3) is 0 Å². The maximum absolute atomic E-state index is 11.2. The number of aliphatic hydroxyl groups excluding tert-OH is 3. The van der Waals surface area contributed by atoms with E-state index >= 15 is 0 Å². The zero-order chi connectivity index (χ0) is 18.4. The first-order chi connectivity index (χ1) is 11.4. The number of carbonyl (C=O) groups excluding carboxylic acids is 1. The minimum absolute atomic E-state index is 0.418. The summed E-state index contributed by atoms with van der Waals surface area (Å²) < 4.78 is 5.00. The third kappa shape index (κ3) is 10.9. The van der Waals surface area contributed by atoms with E-state index in [1.54, 1.807) is 0 Å². The fourth-order valence-corrected chi connectivity index (χ4v) is 2.03. The zero-order valence-electron chi connectivity index (χ0n) is 14.5. The molecule has 4 atom stereocenters. The molecule has 0 rings (SSSR count). The van der Waals surface area contributed by atoms with Crippen molar-refractivity contribution in [2.45, 2.75) is 76.8 Å². The molecular weight excluding hydrogens is 308 g/mol. The lowest BCUT2D eigenvalue weighted by molar-refractivity contribution is -0.159. The summed E-state index contributed by atoms with van der Waals surface area (Å²) in [5.41, 5.74) is 0. The highest BCUT2D eigenvalue weighted by Gasteiger charge is 2.28. The number of hydrogen-bond donors (Lipinski definition) is 3. The monoisotopic (exact) mass is 336 g/mol. The predicted molar refractivity (Wildman–Crippen MR) is 92.7 cm³/mol. The van der Waals surface area contributed by atoms with Crippen LogP contribution in [0.4, 0.5) is 0 Å². The normalized spacial score (nSPS) is 14.9. The first-order valence-corrected chi connectivity index (χ1v) is 8.27. The van der Waals surface area contributed by atoms with Gasteiger partial charge in [0.1, 0.15) is 6.10 Å². The van der Waals surface area contributed by atoms with Gasteiger partial charge in [0.2, 0.25) is 0 Å². The fraction of sp³-hybridized carbons (Fsp3) is 0.632. The third-order valence-corrected chi connectivity index (χ3v) is 3.32. The number of esters is 1. The standard InChI is InChI=1S/C19H28O5/c1-4-6-7-8-9-13-17(22)19(24-15(3)20)18(23)14-11-10-12-16(21)5-2/h5,16-19,21-23H,2,4,6-9,13H2,1,3H3/t16-,17+,18+,19+/m0/s1. The topological polar surface area (TPSA) is 87.0 Å². The molecule has 24 heavy (non-hydrogen) atoms. The van der Waals surface area contributed by atoms with Crippen LogP contribution in [0.1, 0.15) is 52.4 Å². The molecule has 3 N–H and O–H groups in total. The van der Waals surface area contributed by atoms with Gasteiger partial charge in [-0.2, -0.15) is 0 Å². The Morgan fingerprint density at radius 3 is 2.33 bits per heavy atom. The Hall–Kier alpha value is -1.79. The van der Waals surface area contributed by atoms with Crippen LogP contribution in [-0.2, 0) is 9.53 Å². The lowest BCUT2D eigenvalue weighted by Crippen LogP contribution is -2.40. The number of hydrogen-bond acceptors (Lipinski definition) is 5. The molecule has 0 fully saturated rings. The molecule has 0 saturated carbocycles. The quantitative estimate of drug-likeness (QED) is 0.244. The van der Waals surface area contributed by atoms with Crippen LogP contribution in [0.25, 0.3) is 0 Å². The molecule has 0 aliphatic carbocycles. The molecule has 5 heteroatoms. The summed E-state index contributed by atoms with van der Waals surface area (Å²) in [5.74, 6) is 8.93. The smallest absolute Gasteiger partial charge is 0.303 e. The van der Waals surface area contributed by atoms with E-state index in [1.807, 2.05) is 0 Å². The van der Waals surface area contributed by atoms with Crippen LogP contribution < -0.4 is 0 Å². The van der Waals surface area contributed by atoms with Gasteiger partial charge in [0.05, 0.1) is 6.10 Å². The van der Waals surface area contributed by atoms with Crippen LogP contribution in [0.2, 0.25) is 0 Å². The molecule has 0 spiro atoms. The van der Waals surface area contributed by atoms with Crippen molar-refractivity contribution in [1.82, 2.24) is 0 Å². The van der Waals surface area contributed by atoms with Gasteiger partial charge in [-0.25, -0.2) is 0 Å². The molecule has 0 bridgehead atoms. The molecule has 0 aliphatic heterocycles. The van der Waals surface area contributed by atoms with Crippen LogP contribution in [0.15, 0.2) is 12.7 Å². The zero-order valence-corrected chi connectivity index (χ0v) is 14.5. The Labute approximate surface area is 144 Å². The van der Waals surface area contributed by atoms with E-state index < -0.39 is 30.4 Å². The van der Waals surface area contributed by atoms with Crippen molar-refractivity contribution in [2.24, 2.45) is 0 Å². The van der Waals surface area contributed by atoms with Gasteiger partial charge in [0.15, 0.2) is 12.2 Å². The Balaban J connectivity index is 4.66. The summed E-state index contributed by atoms with van der Waals surface area (Å²) in [6.45, 7) is 6.70. The first-order valence-electron chi connectivity index (χ1n) is 8.27. The molecule has 0 amide bonds. The van der Waals surface area contributed by atoms with Gasteiger partial charge in [-0.05, 0) is 18.3 Å². The molecule has 0 radical (unpaired) electrons. The number of carbonyl (C=O) groups is 1. The van der Waals surface area contributed by atoms with Crippen LogP contribution in [0, 0.1) is 23.7 Å². The molecular formula is C19H28O5. The second kappa shape index (κ2) is 13.6. The minimum Gasteiger partial charge on any atom is -0.456 e.